The molecule has 1 aromatic heterocycles. The van der Waals surface area contributed by atoms with Gasteiger partial charge in [-0.15, -0.1) is 0 Å². The number of carbonyl (C=O) groups excluding carboxylic acids is 1. The van der Waals surface area contributed by atoms with E-state index in [4.69, 9.17) is 32.7 Å². The second-order valence-electron chi connectivity index (χ2n) is 7.42. The molecule has 0 saturated carbocycles. The van der Waals surface area contributed by atoms with Gasteiger partial charge < -0.3 is 25.0 Å². The van der Waals surface area contributed by atoms with Gasteiger partial charge in [0, 0.05) is 18.4 Å². The molecule has 2 aromatic carbocycles. The third-order valence-electron chi connectivity index (χ3n) is 4.62. The number of amides is 1. The maximum absolute atomic E-state index is 12.8. The van der Waals surface area contributed by atoms with Crippen LogP contribution in [0.2, 0.25) is 10.0 Å². The number of halogens is 2. The number of methoxy groups -OCH3 is 1. The molecule has 2 N–H and O–H groups in total. The fourth-order valence-corrected chi connectivity index (χ4v) is 3.38. The van der Waals surface area contributed by atoms with Crippen molar-refractivity contribution < 1.29 is 14.3 Å². The van der Waals surface area contributed by atoms with E-state index in [-0.39, 0.29) is 17.4 Å². The van der Waals surface area contributed by atoms with Crippen LogP contribution in [0, 0.1) is 6.92 Å². The number of nitrogens with zero attached hydrogens (tertiary/aromatic N) is 3. The highest BCUT2D eigenvalue weighted by Gasteiger charge is 2.18. The second-order valence-corrected chi connectivity index (χ2v) is 8.24. The molecule has 0 radical (unpaired) electrons. The van der Waals surface area contributed by atoms with E-state index in [2.05, 4.69) is 25.5 Å². The Morgan fingerprint density at radius 1 is 1.15 bits per heavy atom. The molecular weight excluding hydrogens is 465 g/mol. The van der Waals surface area contributed by atoms with Gasteiger partial charge in [0.1, 0.15) is 17.9 Å². The summed E-state index contributed by atoms with van der Waals surface area (Å²) in [6.45, 7) is 3.39. The normalized spacial score (nSPS) is 10.8. The van der Waals surface area contributed by atoms with Gasteiger partial charge in [0.25, 0.3) is 5.91 Å². The number of ether oxygens (including phenoxy) is 2. The smallest absolute Gasteiger partial charge is 0.262 e. The van der Waals surface area contributed by atoms with Crippen LogP contribution in [0.5, 0.6) is 11.6 Å². The summed E-state index contributed by atoms with van der Waals surface area (Å²) in [7, 11) is 5.42. The van der Waals surface area contributed by atoms with E-state index in [9.17, 15) is 4.79 Å². The minimum atomic E-state index is -0.497. The molecule has 8 nitrogen and oxygen atoms in total. The number of anilines is 3. The molecule has 3 aromatic rings. The molecule has 1 amide bonds. The molecule has 3 rings (SSSR count). The minimum absolute atomic E-state index is 0.105. The lowest BCUT2D eigenvalue weighted by Crippen LogP contribution is -2.19. The second kappa shape index (κ2) is 11.2. The van der Waals surface area contributed by atoms with Crippen LogP contribution in [0.3, 0.4) is 0 Å². The van der Waals surface area contributed by atoms with Crippen LogP contribution in [0.1, 0.15) is 15.9 Å². The largest absolute Gasteiger partial charge is 0.492 e. The number of likely N-dealkylation sites (N-methyl/N-ethyl adjacent to an activating group) is 1. The van der Waals surface area contributed by atoms with Gasteiger partial charge in [-0.2, -0.15) is 4.98 Å². The van der Waals surface area contributed by atoms with Gasteiger partial charge in [0.2, 0.25) is 11.8 Å². The Morgan fingerprint density at radius 3 is 2.52 bits per heavy atom. The van der Waals surface area contributed by atoms with E-state index in [1.165, 1.54) is 13.3 Å². The Labute approximate surface area is 202 Å². The minimum Gasteiger partial charge on any atom is -0.492 e. The Balaban J connectivity index is 1.73. The SMILES string of the molecule is COc1nc(Nc2ccc(OCCN(C)C)c(C)c2)ncc1C(=O)Nc1c(Cl)cccc1Cl. The van der Waals surface area contributed by atoms with Crippen molar-refractivity contribution in [2.75, 3.05) is 45.0 Å². The van der Waals surface area contributed by atoms with Gasteiger partial charge in [-0.3, -0.25) is 4.79 Å². The molecule has 0 spiro atoms. The van der Waals surface area contributed by atoms with Crippen LogP contribution >= 0.6 is 23.2 Å². The van der Waals surface area contributed by atoms with Crippen LogP contribution in [-0.4, -0.2) is 55.1 Å². The first kappa shape index (κ1) is 24.6. The van der Waals surface area contributed by atoms with Gasteiger partial charge in [0.05, 0.1) is 22.8 Å². The Kier molecular flexibility index (Phi) is 8.32. The zero-order chi connectivity index (χ0) is 24.0. The topological polar surface area (TPSA) is 88.6 Å². The van der Waals surface area contributed by atoms with Crippen molar-refractivity contribution in [3.05, 3.63) is 63.8 Å². The van der Waals surface area contributed by atoms with Crippen molar-refractivity contribution in [3.63, 3.8) is 0 Å². The number of hydrogen-bond acceptors (Lipinski definition) is 7. The highest BCUT2D eigenvalue weighted by molar-refractivity contribution is 6.40. The van der Waals surface area contributed by atoms with Crippen molar-refractivity contribution in [1.29, 1.82) is 0 Å². The number of benzene rings is 2. The predicted octanol–water partition coefficient (Wildman–Crippen LogP) is 5.04. The summed E-state index contributed by atoms with van der Waals surface area (Å²) < 4.78 is 11.1. The molecule has 1 heterocycles. The molecular formula is C23H25Cl2N5O3. The summed E-state index contributed by atoms with van der Waals surface area (Å²) in [5.74, 6) is 0.697. The van der Waals surface area contributed by atoms with E-state index < -0.39 is 5.91 Å². The Morgan fingerprint density at radius 2 is 1.88 bits per heavy atom. The van der Waals surface area contributed by atoms with Crippen molar-refractivity contribution >= 4 is 46.4 Å². The Hall–Kier alpha value is -3.07. The van der Waals surface area contributed by atoms with Crippen molar-refractivity contribution in [3.8, 4) is 11.6 Å². The zero-order valence-corrected chi connectivity index (χ0v) is 20.3. The van der Waals surface area contributed by atoms with Gasteiger partial charge in [-0.05, 0) is 56.9 Å². The molecule has 0 aliphatic heterocycles. The zero-order valence-electron chi connectivity index (χ0n) is 18.8. The molecule has 0 bridgehead atoms. The van der Waals surface area contributed by atoms with Crippen LogP contribution in [-0.2, 0) is 0 Å². The molecule has 33 heavy (non-hydrogen) atoms. The lowest BCUT2D eigenvalue weighted by molar-refractivity contribution is 0.102. The Bertz CT molecular complexity index is 1120. The van der Waals surface area contributed by atoms with E-state index in [0.29, 0.717) is 22.3 Å². The maximum atomic E-state index is 12.8. The fraction of sp³-hybridized carbons (Fsp3) is 0.261. The van der Waals surface area contributed by atoms with Gasteiger partial charge in [-0.1, -0.05) is 29.3 Å². The standard InChI is InChI=1S/C23H25Cl2N5O3/c1-14-12-15(8-9-19(14)33-11-10-30(2)3)27-23-26-13-16(22(29-23)32-4)21(31)28-20-17(24)6-5-7-18(20)25/h5-9,12-13H,10-11H2,1-4H3,(H,28,31)(H,26,27,29). The molecule has 0 fully saturated rings. The van der Waals surface area contributed by atoms with Crippen LogP contribution in [0.25, 0.3) is 0 Å². The van der Waals surface area contributed by atoms with Gasteiger partial charge in [-0.25, -0.2) is 4.98 Å². The van der Waals surface area contributed by atoms with E-state index in [0.717, 1.165) is 23.5 Å². The van der Waals surface area contributed by atoms with E-state index in [1.807, 2.05) is 39.2 Å². The number of aryl methyl sites for hydroxylation is 1. The first-order valence-electron chi connectivity index (χ1n) is 10.1. The van der Waals surface area contributed by atoms with Gasteiger partial charge >= 0.3 is 0 Å². The van der Waals surface area contributed by atoms with E-state index >= 15 is 0 Å². The predicted molar refractivity (Wildman–Crippen MR) is 132 cm³/mol. The number of para-hydroxylation sites is 1. The third-order valence-corrected chi connectivity index (χ3v) is 5.25. The highest BCUT2D eigenvalue weighted by atomic mass is 35.5. The molecule has 0 aliphatic carbocycles. The molecule has 0 aliphatic rings. The third kappa shape index (κ3) is 6.47. The summed E-state index contributed by atoms with van der Waals surface area (Å²) >= 11 is 12.3. The monoisotopic (exact) mass is 489 g/mol. The number of rotatable bonds is 9. The van der Waals surface area contributed by atoms with Crippen molar-refractivity contribution in [1.82, 2.24) is 14.9 Å². The molecule has 0 saturated heterocycles. The number of aromatic nitrogens is 2. The van der Waals surface area contributed by atoms with Crippen LogP contribution in [0.4, 0.5) is 17.3 Å². The molecule has 0 atom stereocenters. The van der Waals surface area contributed by atoms with Crippen LogP contribution in [0.15, 0.2) is 42.6 Å². The summed E-state index contributed by atoms with van der Waals surface area (Å²) in [6, 6.07) is 10.6. The maximum Gasteiger partial charge on any atom is 0.262 e. The number of nitrogens with one attached hydrogen (secondary N) is 2. The summed E-state index contributed by atoms with van der Waals surface area (Å²) in [5, 5.41) is 6.43. The quantitative estimate of drug-likeness (QED) is 0.435. The molecule has 10 heteroatoms. The van der Waals surface area contributed by atoms with Gasteiger partial charge in [0.15, 0.2) is 0 Å². The van der Waals surface area contributed by atoms with Crippen molar-refractivity contribution in [2.45, 2.75) is 6.92 Å². The summed E-state index contributed by atoms with van der Waals surface area (Å²) in [4.78, 5) is 23.4. The lowest BCUT2D eigenvalue weighted by Gasteiger charge is -2.14. The lowest BCUT2D eigenvalue weighted by atomic mass is 10.2. The van der Waals surface area contributed by atoms with Crippen molar-refractivity contribution in [2.24, 2.45) is 0 Å². The molecule has 0 unspecified atom stereocenters. The number of carbonyl (C=O) groups is 1. The first-order valence-corrected chi connectivity index (χ1v) is 10.9. The summed E-state index contributed by atoms with van der Waals surface area (Å²) in [6.07, 6.45) is 1.37. The number of hydrogen-bond donors (Lipinski definition) is 2. The van der Waals surface area contributed by atoms with Crippen LogP contribution < -0.4 is 20.1 Å². The average molecular weight is 490 g/mol. The fourth-order valence-electron chi connectivity index (χ4n) is 2.89. The first-order chi connectivity index (χ1) is 15.8. The summed E-state index contributed by atoms with van der Waals surface area (Å²) in [5.41, 5.74) is 2.19. The highest BCUT2D eigenvalue weighted by Crippen LogP contribution is 2.31. The molecule has 174 valence electrons. The van der Waals surface area contributed by atoms with E-state index in [1.54, 1.807) is 18.2 Å². The average Bonchev–Trinajstić information content (AvgIpc) is 2.77.